The zero-order chi connectivity index (χ0) is 19.1. The molecule has 0 spiro atoms. The van der Waals surface area contributed by atoms with Gasteiger partial charge in [0.05, 0.1) is 16.3 Å². The first-order valence-electron chi connectivity index (χ1n) is 8.47. The number of amides is 2. The predicted molar refractivity (Wildman–Crippen MR) is 104 cm³/mol. The number of nitrogens with one attached hydrogen (secondary N) is 2. The summed E-state index contributed by atoms with van der Waals surface area (Å²) in [6, 6.07) is 13.8. The molecule has 0 heterocycles. The maximum Gasteiger partial charge on any atom is 0.265 e. The zero-order valence-corrected chi connectivity index (χ0v) is 15.8. The maximum absolute atomic E-state index is 12.5. The monoisotopic (exact) mass is 374 g/mol. The maximum atomic E-state index is 12.5. The minimum Gasteiger partial charge on any atom is -0.479 e. The van der Waals surface area contributed by atoms with Crippen molar-refractivity contribution in [3.63, 3.8) is 0 Å². The van der Waals surface area contributed by atoms with E-state index in [1.165, 1.54) is 0 Å². The Labute approximate surface area is 158 Å². The van der Waals surface area contributed by atoms with Crippen LogP contribution in [0.25, 0.3) is 0 Å². The van der Waals surface area contributed by atoms with Gasteiger partial charge in [0.1, 0.15) is 5.75 Å². The van der Waals surface area contributed by atoms with E-state index in [-0.39, 0.29) is 11.8 Å². The van der Waals surface area contributed by atoms with Crippen LogP contribution < -0.4 is 15.4 Å². The van der Waals surface area contributed by atoms with Crippen LogP contribution in [-0.4, -0.2) is 24.5 Å². The van der Waals surface area contributed by atoms with Crippen LogP contribution in [0.5, 0.6) is 5.75 Å². The summed E-state index contributed by atoms with van der Waals surface area (Å²) in [5.41, 5.74) is 0.847. The van der Waals surface area contributed by atoms with Gasteiger partial charge in [-0.1, -0.05) is 49.7 Å². The molecule has 0 aliphatic heterocycles. The van der Waals surface area contributed by atoms with E-state index in [0.717, 1.165) is 0 Å². The second kappa shape index (κ2) is 9.25. The lowest BCUT2D eigenvalue weighted by atomic mass is 10.1. The molecule has 0 bridgehead atoms. The molecule has 0 radical (unpaired) electrons. The fraction of sp³-hybridized carbons (Fsp3) is 0.300. The lowest BCUT2D eigenvalue weighted by Gasteiger charge is -2.17. The molecule has 0 unspecified atom stereocenters. The third kappa shape index (κ3) is 5.49. The third-order valence-electron chi connectivity index (χ3n) is 3.61. The minimum absolute atomic E-state index is 0.228. The van der Waals surface area contributed by atoms with Gasteiger partial charge in [0.2, 0.25) is 0 Å². The number of benzene rings is 2. The topological polar surface area (TPSA) is 67.4 Å². The summed E-state index contributed by atoms with van der Waals surface area (Å²) in [4.78, 5) is 24.8. The van der Waals surface area contributed by atoms with Crippen LogP contribution in [0.4, 0.5) is 5.69 Å². The quantitative estimate of drug-likeness (QED) is 0.765. The molecule has 5 nitrogen and oxygen atoms in total. The number of hydrogen-bond donors (Lipinski definition) is 2. The largest absolute Gasteiger partial charge is 0.479 e. The van der Waals surface area contributed by atoms with E-state index in [2.05, 4.69) is 10.6 Å². The van der Waals surface area contributed by atoms with Crippen LogP contribution in [0.3, 0.4) is 0 Å². The molecule has 0 saturated heterocycles. The highest BCUT2D eigenvalue weighted by atomic mass is 35.5. The average molecular weight is 375 g/mol. The van der Waals surface area contributed by atoms with Gasteiger partial charge >= 0.3 is 0 Å². The van der Waals surface area contributed by atoms with Crippen LogP contribution in [0.1, 0.15) is 31.1 Å². The van der Waals surface area contributed by atoms with Crippen molar-refractivity contribution in [2.75, 3.05) is 11.9 Å². The highest BCUT2D eigenvalue weighted by Gasteiger charge is 2.19. The molecule has 2 amide bonds. The van der Waals surface area contributed by atoms with Crippen LogP contribution in [0.2, 0.25) is 5.02 Å². The third-order valence-corrected chi connectivity index (χ3v) is 3.92. The average Bonchev–Trinajstić information content (AvgIpc) is 2.62. The molecule has 1 atom stereocenters. The van der Waals surface area contributed by atoms with Crippen molar-refractivity contribution in [3.05, 3.63) is 59.1 Å². The van der Waals surface area contributed by atoms with E-state index in [1.54, 1.807) is 55.5 Å². The first kappa shape index (κ1) is 19.8. The Morgan fingerprint density at radius 3 is 2.38 bits per heavy atom. The lowest BCUT2D eigenvalue weighted by Crippen LogP contribution is -2.32. The van der Waals surface area contributed by atoms with E-state index in [9.17, 15) is 9.59 Å². The summed E-state index contributed by atoms with van der Waals surface area (Å²) < 4.78 is 5.61. The number of rotatable bonds is 7. The smallest absolute Gasteiger partial charge is 0.265 e. The van der Waals surface area contributed by atoms with Gasteiger partial charge in [-0.15, -0.1) is 0 Å². The molecule has 0 aliphatic carbocycles. The molecule has 0 fully saturated rings. The molecule has 26 heavy (non-hydrogen) atoms. The van der Waals surface area contributed by atoms with Crippen molar-refractivity contribution in [1.82, 2.24) is 5.32 Å². The Kier molecular flexibility index (Phi) is 7.04. The van der Waals surface area contributed by atoms with Crippen molar-refractivity contribution in [2.24, 2.45) is 5.92 Å². The number of carbonyl (C=O) groups excluding carboxylic acids is 2. The molecule has 2 rings (SSSR count). The second-order valence-corrected chi connectivity index (χ2v) is 6.74. The molecule has 6 heteroatoms. The highest BCUT2D eigenvalue weighted by molar-refractivity contribution is 6.32. The summed E-state index contributed by atoms with van der Waals surface area (Å²) in [7, 11) is 0. The SMILES string of the molecule is CC(C)CNC(=O)c1ccccc1NC(=O)[C@@H](C)Oc1ccccc1Cl. The van der Waals surface area contributed by atoms with Crippen LogP contribution in [0.15, 0.2) is 48.5 Å². The van der Waals surface area contributed by atoms with E-state index >= 15 is 0 Å². The van der Waals surface area contributed by atoms with E-state index < -0.39 is 6.10 Å². The summed E-state index contributed by atoms with van der Waals surface area (Å²) in [5, 5.41) is 6.03. The fourth-order valence-corrected chi connectivity index (χ4v) is 2.38. The fourth-order valence-electron chi connectivity index (χ4n) is 2.20. The molecule has 138 valence electrons. The van der Waals surface area contributed by atoms with E-state index in [0.29, 0.717) is 34.5 Å². The number of hydrogen-bond acceptors (Lipinski definition) is 3. The predicted octanol–water partition coefficient (Wildman–Crippen LogP) is 4.13. The molecular weight excluding hydrogens is 352 g/mol. The van der Waals surface area contributed by atoms with Crippen molar-refractivity contribution in [1.29, 1.82) is 0 Å². The van der Waals surface area contributed by atoms with Gasteiger partial charge in [0.25, 0.3) is 11.8 Å². The normalized spacial score (nSPS) is 11.7. The molecule has 0 aliphatic rings. The summed E-state index contributed by atoms with van der Waals surface area (Å²) >= 11 is 6.05. The minimum atomic E-state index is -0.776. The van der Waals surface area contributed by atoms with Gasteiger partial charge in [-0.25, -0.2) is 0 Å². The number of carbonyl (C=O) groups is 2. The number of ether oxygens (including phenoxy) is 1. The van der Waals surface area contributed by atoms with Crippen molar-refractivity contribution in [3.8, 4) is 5.75 Å². The molecule has 0 aromatic heterocycles. The number of para-hydroxylation sites is 2. The Morgan fingerprint density at radius 1 is 1.04 bits per heavy atom. The van der Waals surface area contributed by atoms with Gasteiger partial charge in [-0.2, -0.15) is 0 Å². The van der Waals surface area contributed by atoms with Crippen LogP contribution >= 0.6 is 11.6 Å². The summed E-state index contributed by atoms with van der Waals surface area (Å²) in [6.45, 7) is 6.22. The molecule has 2 aromatic carbocycles. The van der Waals surface area contributed by atoms with Gasteiger partial charge in [-0.05, 0) is 37.1 Å². The Hall–Kier alpha value is -2.53. The van der Waals surface area contributed by atoms with Crippen molar-refractivity contribution >= 4 is 29.1 Å². The van der Waals surface area contributed by atoms with E-state index in [1.807, 2.05) is 13.8 Å². The number of anilines is 1. The summed E-state index contributed by atoms with van der Waals surface area (Å²) in [6.07, 6.45) is -0.776. The van der Waals surface area contributed by atoms with E-state index in [4.69, 9.17) is 16.3 Å². The van der Waals surface area contributed by atoms with Gasteiger partial charge in [0, 0.05) is 6.54 Å². The van der Waals surface area contributed by atoms with Gasteiger partial charge < -0.3 is 15.4 Å². The molecule has 0 saturated carbocycles. The zero-order valence-electron chi connectivity index (χ0n) is 15.1. The van der Waals surface area contributed by atoms with Gasteiger partial charge in [0.15, 0.2) is 6.10 Å². The molecule has 2 aromatic rings. The Balaban J connectivity index is 2.06. The second-order valence-electron chi connectivity index (χ2n) is 6.33. The van der Waals surface area contributed by atoms with Crippen molar-refractivity contribution < 1.29 is 14.3 Å². The first-order chi connectivity index (χ1) is 12.4. The highest BCUT2D eigenvalue weighted by Crippen LogP contribution is 2.24. The van der Waals surface area contributed by atoms with Crippen LogP contribution in [-0.2, 0) is 4.79 Å². The van der Waals surface area contributed by atoms with Crippen molar-refractivity contribution in [2.45, 2.75) is 26.9 Å². The standard InChI is InChI=1S/C20H23ClN2O3/c1-13(2)12-22-20(25)15-8-4-6-10-17(15)23-19(24)14(3)26-18-11-7-5-9-16(18)21/h4-11,13-14H,12H2,1-3H3,(H,22,25)(H,23,24)/t14-/m1/s1. The Bertz CT molecular complexity index is 777. The molecular formula is C20H23ClN2O3. The molecule has 2 N–H and O–H groups in total. The summed E-state index contributed by atoms with van der Waals surface area (Å²) in [5.74, 6) is 0.174. The van der Waals surface area contributed by atoms with Crippen LogP contribution in [0, 0.1) is 5.92 Å². The number of halogens is 1. The Morgan fingerprint density at radius 2 is 1.69 bits per heavy atom. The first-order valence-corrected chi connectivity index (χ1v) is 8.85. The lowest BCUT2D eigenvalue weighted by molar-refractivity contribution is -0.122. The van der Waals surface area contributed by atoms with Gasteiger partial charge in [-0.3, -0.25) is 9.59 Å².